The third-order valence-corrected chi connectivity index (χ3v) is 6.05. The third kappa shape index (κ3) is 6.39. The third-order valence-electron chi connectivity index (χ3n) is 6.05. The van der Waals surface area contributed by atoms with Gasteiger partial charge in [-0.15, -0.1) is 0 Å². The van der Waals surface area contributed by atoms with Gasteiger partial charge in [-0.2, -0.15) is 0 Å². The summed E-state index contributed by atoms with van der Waals surface area (Å²) in [6, 6.07) is 20.0. The first-order chi connectivity index (χ1) is 15.9. The highest BCUT2D eigenvalue weighted by atomic mass is 19.1. The summed E-state index contributed by atoms with van der Waals surface area (Å²) in [5.74, 6) is -1.12. The summed E-state index contributed by atoms with van der Waals surface area (Å²) >= 11 is 0. The minimum atomic E-state index is -1.01. The Kier molecular flexibility index (Phi) is 8.55. The lowest BCUT2D eigenvalue weighted by Crippen LogP contribution is -2.34. The molecule has 0 saturated carbocycles. The predicted octanol–water partition coefficient (Wildman–Crippen LogP) is 6.62. The van der Waals surface area contributed by atoms with Crippen LogP contribution in [0.15, 0.2) is 72.8 Å². The number of amides is 1. The number of aliphatic hydroxyl groups excluding tert-OH is 1. The molecule has 2 atom stereocenters. The summed E-state index contributed by atoms with van der Waals surface area (Å²) in [5, 5.41) is 19.1. The fourth-order valence-electron chi connectivity index (χ4n) is 4.14. The zero-order chi connectivity index (χ0) is 23.8. The Morgan fingerprint density at radius 1 is 0.939 bits per heavy atom. The smallest absolute Gasteiger partial charge is 0.407 e. The molecule has 0 saturated heterocycles. The molecule has 33 heavy (non-hydrogen) atoms. The van der Waals surface area contributed by atoms with Gasteiger partial charge < -0.3 is 15.1 Å². The van der Waals surface area contributed by atoms with Gasteiger partial charge in [0.05, 0.1) is 6.04 Å². The van der Waals surface area contributed by atoms with Crippen molar-refractivity contribution in [3.63, 3.8) is 0 Å². The lowest BCUT2D eigenvalue weighted by molar-refractivity contribution is 0.125. The van der Waals surface area contributed by atoms with Crippen LogP contribution in [0.4, 0.5) is 13.6 Å². The van der Waals surface area contributed by atoms with Crippen molar-refractivity contribution in [3.8, 4) is 11.1 Å². The van der Waals surface area contributed by atoms with Crippen molar-refractivity contribution < 1.29 is 23.8 Å². The van der Waals surface area contributed by atoms with Crippen LogP contribution in [0.2, 0.25) is 0 Å². The number of carbonyl (C=O) groups is 1. The first-order valence-corrected chi connectivity index (χ1v) is 11.1. The maximum atomic E-state index is 14.1. The molecule has 0 bridgehead atoms. The SMILES string of the molecule is C[C@@H](c1ccc(-c2ccc(F)cc2F)cc1)N(CC[C@H](CCCO)c1ccccc1)C(=O)O. The lowest BCUT2D eigenvalue weighted by atomic mass is 9.91. The largest absolute Gasteiger partial charge is 0.465 e. The molecule has 3 rings (SSSR count). The van der Waals surface area contributed by atoms with Gasteiger partial charge in [-0.3, -0.25) is 0 Å². The molecule has 0 fully saturated rings. The number of aliphatic hydroxyl groups is 1. The Morgan fingerprint density at radius 2 is 1.64 bits per heavy atom. The van der Waals surface area contributed by atoms with Gasteiger partial charge in [-0.1, -0.05) is 54.6 Å². The molecule has 2 N–H and O–H groups in total. The van der Waals surface area contributed by atoms with Crippen LogP contribution in [-0.2, 0) is 0 Å². The first-order valence-electron chi connectivity index (χ1n) is 11.1. The molecular weight excluding hydrogens is 424 g/mol. The number of benzene rings is 3. The second-order valence-corrected chi connectivity index (χ2v) is 8.16. The van der Waals surface area contributed by atoms with E-state index < -0.39 is 23.8 Å². The fraction of sp³-hybridized carbons (Fsp3) is 0.296. The summed E-state index contributed by atoms with van der Waals surface area (Å²) < 4.78 is 27.3. The Morgan fingerprint density at radius 3 is 2.24 bits per heavy atom. The molecule has 0 aliphatic carbocycles. The maximum Gasteiger partial charge on any atom is 0.407 e. The number of rotatable bonds is 10. The molecule has 0 aromatic heterocycles. The van der Waals surface area contributed by atoms with Gasteiger partial charge in [0.25, 0.3) is 0 Å². The summed E-state index contributed by atoms with van der Waals surface area (Å²) in [4.78, 5) is 13.4. The lowest BCUT2D eigenvalue weighted by Gasteiger charge is -2.29. The number of halogens is 2. The minimum absolute atomic E-state index is 0.101. The fourth-order valence-corrected chi connectivity index (χ4v) is 4.14. The van der Waals surface area contributed by atoms with Crippen molar-refractivity contribution in [2.24, 2.45) is 0 Å². The van der Waals surface area contributed by atoms with Crippen molar-refractivity contribution in [2.45, 2.75) is 38.1 Å². The minimum Gasteiger partial charge on any atom is -0.465 e. The van der Waals surface area contributed by atoms with E-state index in [0.29, 0.717) is 30.5 Å². The zero-order valence-electron chi connectivity index (χ0n) is 18.6. The molecule has 1 amide bonds. The predicted molar refractivity (Wildman–Crippen MR) is 125 cm³/mol. The van der Waals surface area contributed by atoms with E-state index in [1.165, 1.54) is 17.0 Å². The highest BCUT2D eigenvalue weighted by Gasteiger charge is 2.23. The van der Waals surface area contributed by atoms with E-state index >= 15 is 0 Å². The van der Waals surface area contributed by atoms with E-state index in [2.05, 4.69) is 0 Å². The quantitative estimate of drug-likeness (QED) is 0.363. The maximum absolute atomic E-state index is 14.1. The van der Waals surface area contributed by atoms with Gasteiger partial charge in [0.1, 0.15) is 11.6 Å². The molecule has 0 aliphatic rings. The van der Waals surface area contributed by atoms with Crippen LogP contribution in [0.1, 0.15) is 49.3 Å². The van der Waals surface area contributed by atoms with E-state index in [-0.39, 0.29) is 12.5 Å². The molecule has 0 radical (unpaired) electrons. The van der Waals surface area contributed by atoms with Gasteiger partial charge in [-0.25, -0.2) is 13.6 Å². The number of hydrogen-bond acceptors (Lipinski definition) is 2. The van der Waals surface area contributed by atoms with Crippen molar-refractivity contribution in [2.75, 3.05) is 13.2 Å². The summed E-state index contributed by atoms with van der Waals surface area (Å²) in [7, 11) is 0. The zero-order valence-corrected chi connectivity index (χ0v) is 18.6. The Hall–Kier alpha value is -3.25. The Balaban J connectivity index is 1.73. The van der Waals surface area contributed by atoms with Crippen molar-refractivity contribution in [1.82, 2.24) is 4.90 Å². The molecule has 0 aliphatic heterocycles. The van der Waals surface area contributed by atoms with Crippen LogP contribution in [0.25, 0.3) is 11.1 Å². The molecule has 3 aromatic rings. The summed E-state index contributed by atoms with van der Waals surface area (Å²) in [5.41, 5.74) is 2.81. The average Bonchev–Trinajstić information content (AvgIpc) is 2.81. The van der Waals surface area contributed by atoms with Crippen LogP contribution < -0.4 is 0 Å². The van der Waals surface area contributed by atoms with Gasteiger partial charge in [0.2, 0.25) is 0 Å². The number of hydrogen-bond donors (Lipinski definition) is 2. The van der Waals surface area contributed by atoms with Crippen LogP contribution >= 0.6 is 0 Å². The van der Waals surface area contributed by atoms with E-state index in [1.807, 2.05) is 37.3 Å². The second kappa shape index (κ2) is 11.6. The van der Waals surface area contributed by atoms with Gasteiger partial charge >= 0.3 is 6.09 Å². The Bertz CT molecular complexity index is 1040. The summed E-state index contributed by atoms with van der Waals surface area (Å²) in [6.07, 6.45) is 1.06. The van der Waals surface area contributed by atoms with E-state index in [0.717, 1.165) is 23.6 Å². The van der Waals surface area contributed by atoms with E-state index in [4.69, 9.17) is 0 Å². The molecule has 0 unspecified atom stereocenters. The molecule has 0 heterocycles. The monoisotopic (exact) mass is 453 g/mol. The molecule has 4 nitrogen and oxygen atoms in total. The van der Waals surface area contributed by atoms with Crippen LogP contribution in [0.5, 0.6) is 0 Å². The van der Waals surface area contributed by atoms with Gasteiger partial charge in [-0.05, 0) is 60.9 Å². The van der Waals surface area contributed by atoms with Crippen molar-refractivity contribution in [1.29, 1.82) is 0 Å². The second-order valence-electron chi connectivity index (χ2n) is 8.16. The van der Waals surface area contributed by atoms with E-state index in [9.17, 15) is 23.8 Å². The van der Waals surface area contributed by atoms with Crippen molar-refractivity contribution in [3.05, 3.63) is 95.6 Å². The molecule has 174 valence electrons. The summed E-state index contributed by atoms with van der Waals surface area (Å²) in [6.45, 7) is 2.27. The van der Waals surface area contributed by atoms with E-state index in [1.54, 1.807) is 24.3 Å². The molecular formula is C27H29F2NO3. The van der Waals surface area contributed by atoms with Crippen LogP contribution in [0.3, 0.4) is 0 Å². The van der Waals surface area contributed by atoms with Crippen LogP contribution in [0, 0.1) is 11.6 Å². The highest BCUT2D eigenvalue weighted by Crippen LogP contribution is 2.30. The topological polar surface area (TPSA) is 60.8 Å². The number of carboxylic acid groups (broad SMARTS) is 1. The average molecular weight is 454 g/mol. The van der Waals surface area contributed by atoms with Gasteiger partial charge in [0.15, 0.2) is 0 Å². The normalized spacial score (nSPS) is 12.8. The number of nitrogens with zero attached hydrogens (tertiary/aromatic N) is 1. The Labute approximate surface area is 193 Å². The first kappa shape index (κ1) is 24.4. The van der Waals surface area contributed by atoms with Crippen LogP contribution in [-0.4, -0.2) is 34.4 Å². The molecule has 6 heteroatoms. The van der Waals surface area contributed by atoms with Gasteiger partial charge in [0, 0.05) is 24.8 Å². The highest BCUT2D eigenvalue weighted by molar-refractivity contribution is 5.67. The molecule has 3 aromatic carbocycles. The van der Waals surface area contributed by atoms with Crippen molar-refractivity contribution >= 4 is 6.09 Å². The standard InChI is InChI=1S/C27H29F2NO3/c1-19(20-9-11-23(12-10-20)25-14-13-24(28)18-26(25)29)30(27(32)33)16-15-22(8-5-17-31)21-6-3-2-4-7-21/h2-4,6-7,9-14,18-19,22,31H,5,8,15-17H2,1H3,(H,32,33)/t19-,22-/m0/s1. The molecule has 0 spiro atoms.